The molecule has 8 heteroatoms. The van der Waals surface area contributed by atoms with Crippen molar-refractivity contribution >= 4 is 26.2 Å². The predicted molar refractivity (Wildman–Crippen MR) is 95.5 cm³/mol. The zero-order chi connectivity index (χ0) is 20.0. The largest absolute Gasteiger partial charge is 0.463 e. The molecular formula is C17H32O7Si. The van der Waals surface area contributed by atoms with Crippen LogP contribution in [0.4, 0.5) is 0 Å². The summed E-state index contributed by atoms with van der Waals surface area (Å²) in [7, 11) is -2.14. The van der Waals surface area contributed by atoms with Crippen molar-refractivity contribution in [2.24, 2.45) is 0 Å². The van der Waals surface area contributed by atoms with Gasteiger partial charge in [0.1, 0.15) is 6.10 Å². The number of hydrogen-bond donors (Lipinski definition) is 0. The summed E-state index contributed by atoms with van der Waals surface area (Å²) in [6.07, 6.45) is -3.00. The van der Waals surface area contributed by atoms with Crippen molar-refractivity contribution in [3.05, 3.63) is 0 Å². The fourth-order valence-corrected chi connectivity index (χ4v) is 2.90. The quantitative estimate of drug-likeness (QED) is 0.365. The molecule has 0 rings (SSSR count). The molecule has 0 amide bonds. The molecule has 0 N–H and O–H groups in total. The molecule has 0 aromatic rings. The topological polar surface area (TPSA) is 88.1 Å². The Balaban J connectivity index is 4.63. The minimum atomic E-state index is -2.14. The summed E-state index contributed by atoms with van der Waals surface area (Å²) in [5.74, 6) is -2.10. The van der Waals surface area contributed by atoms with Crippen molar-refractivity contribution in [2.45, 2.75) is 84.9 Å². The lowest BCUT2D eigenvalue weighted by Crippen LogP contribution is -2.46. The third-order valence-electron chi connectivity index (χ3n) is 4.15. The minimum absolute atomic E-state index is 0.0544. The maximum absolute atomic E-state index is 12.2. The highest BCUT2D eigenvalue weighted by atomic mass is 28.4. The van der Waals surface area contributed by atoms with Crippen LogP contribution in [0, 0.1) is 0 Å². The van der Waals surface area contributed by atoms with Gasteiger partial charge in [-0.25, -0.2) is 14.4 Å². The second-order valence-electron chi connectivity index (χ2n) is 7.43. The molecule has 3 atom stereocenters. The van der Waals surface area contributed by atoms with Gasteiger partial charge in [0, 0.05) is 0 Å². The average molecular weight is 377 g/mol. The molecule has 0 unspecified atom stereocenters. The maximum atomic E-state index is 12.2. The van der Waals surface area contributed by atoms with Gasteiger partial charge in [0.05, 0.1) is 6.61 Å². The predicted octanol–water partition coefficient (Wildman–Crippen LogP) is 2.82. The van der Waals surface area contributed by atoms with Gasteiger partial charge in [-0.3, -0.25) is 0 Å². The van der Waals surface area contributed by atoms with Gasteiger partial charge in [-0.15, -0.1) is 0 Å². The lowest BCUT2D eigenvalue weighted by Gasteiger charge is -2.37. The summed E-state index contributed by atoms with van der Waals surface area (Å²) in [6, 6.07) is 0. The fourth-order valence-electron chi connectivity index (χ4n) is 1.56. The van der Waals surface area contributed by atoms with Crippen molar-refractivity contribution in [1.82, 2.24) is 0 Å². The van der Waals surface area contributed by atoms with E-state index in [-0.39, 0.29) is 11.6 Å². The van der Waals surface area contributed by atoms with Crippen molar-refractivity contribution < 1.29 is 33.0 Å². The molecule has 0 radical (unpaired) electrons. The molecule has 0 saturated heterocycles. The first-order valence-electron chi connectivity index (χ1n) is 8.48. The van der Waals surface area contributed by atoms with Gasteiger partial charge >= 0.3 is 17.9 Å². The Morgan fingerprint density at radius 3 is 1.64 bits per heavy atom. The summed E-state index contributed by atoms with van der Waals surface area (Å²) in [4.78, 5) is 35.5. The Morgan fingerprint density at radius 1 is 0.840 bits per heavy atom. The van der Waals surface area contributed by atoms with Crippen LogP contribution in [-0.4, -0.2) is 51.1 Å². The Hall–Kier alpha value is -1.41. The van der Waals surface area contributed by atoms with Gasteiger partial charge in [0.25, 0.3) is 0 Å². The van der Waals surface area contributed by atoms with Gasteiger partial charge in [-0.2, -0.15) is 0 Å². The van der Waals surface area contributed by atoms with Crippen LogP contribution in [0.2, 0.25) is 18.1 Å². The first-order chi connectivity index (χ1) is 11.2. The highest BCUT2D eigenvalue weighted by Gasteiger charge is 2.40. The van der Waals surface area contributed by atoms with Crippen LogP contribution in [0.25, 0.3) is 0 Å². The molecule has 0 saturated carbocycles. The van der Waals surface area contributed by atoms with E-state index in [2.05, 4.69) is 20.8 Å². The van der Waals surface area contributed by atoms with E-state index in [0.29, 0.717) is 0 Å². The van der Waals surface area contributed by atoms with Gasteiger partial charge in [-0.05, 0) is 45.8 Å². The number of carbonyl (C=O) groups is 3. The maximum Gasteiger partial charge on any atom is 0.347 e. The summed E-state index contributed by atoms with van der Waals surface area (Å²) >= 11 is 0. The second kappa shape index (κ2) is 9.33. The second-order valence-corrected chi connectivity index (χ2v) is 12.2. The Bertz CT molecular complexity index is 482. The Morgan fingerprint density at radius 2 is 1.24 bits per heavy atom. The van der Waals surface area contributed by atoms with Gasteiger partial charge in [0.2, 0.25) is 0 Å². The molecule has 0 aromatic heterocycles. The molecule has 0 aliphatic heterocycles. The molecular weight excluding hydrogens is 344 g/mol. The van der Waals surface area contributed by atoms with E-state index in [9.17, 15) is 14.4 Å². The van der Waals surface area contributed by atoms with Crippen molar-refractivity contribution in [2.75, 3.05) is 6.61 Å². The van der Waals surface area contributed by atoms with E-state index in [1.54, 1.807) is 13.8 Å². The molecule has 0 aliphatic rings. The molecule has 146 valence electrons. The lowest BCUT2D eigenvalue weighted by molar-refractivity contribution is -0.178. The van der Waals surface area contributed by atoms with Crippen LogP contribution in [0.3, 0.4) is 0 Å². The van der Waals surface area contributed by atoms with E-state index in [4.69, 9.17) is 18.6 Å². The van der Waals surface area contributed by atoms with E-state index >= 15 is 0 Å². The lowest BCUT2D eigenvalue weighted by atomic mass is 10.2. The Kier molecular flexibility index (Phi) is 8.80. The van der Waals surface area contributed by atoms with E-state index in [1.165, 1.54) is 13.8 Å². The van der Waals surface area contributed by atoms with Crippen molar-refractivity contribution in [1.29, 1.82) is 0 Å². The monoisotopic (exact) mass is 376 g/mol. The van der Waals surface area contributed by atoms with Crippen LogP contribution in [-0.2, 0) is 33.0 Å². The van der Waals surface area contributed by atoms with E-state index < -0.39 is 44.5 Å². The summed E-state index contributed by atoms with van der Waals surface area (Å²) in [5.41, 5.74) is 0. The van der Waals surface area contributed by atoms with Crippen LogP contribution in [0.15, 0.2) is 0 Å². The number of esters is 3. The van der Waals surface area contributed by atoms with Crippen LogP contribution in [0.1, 0.15) is 48.5 Å². The Labute approximate surface area is 151 Å². The molecule has 0 spiro atoms. The number of rotatable bonds is 8. The van der Waals surface area contributed by atoms with Crippen LogP contribution in [0.5, 0.6) is 0 Å². The summed E-state index contributed by atoms with van der Waals surface area (Å²) in [6.45, 7) is 16.5. The van der Waals surface area contributed by atoms with Crippen molar-refractivity contribution in [3.63, 3.8) is 0 Å². The summed E-state index contributed by atoms with van der Waals surface area (Å²) < 4.78 is 20.7. The highest BCUT2D eigenvalue weighted by molar-refractivity contribution is 6.74. The smallest absolute Gasteiger partial charge is 0.347 e. The molecule has 0 aliphatic carbocycles. The fraction of sp³-hybridized carbons (Fsp3) is 0.824. The number of hydrogen-bond acceptors (Lipinski definition) is 7. The molecule has 0 heterocycles. The third kappa shape index (κ3) is 7.56. The van der Waals surface area contributed by atoms with Gasteiger partial charge in [0.15, 0.2) is 20.5 Å². The van der Waals surface area contributed by atoms with Crippen molar-refractivity contribution in [3.8, 4) is 0 Å². The summed E-state index contributed by atoms with van der Waals surface area (Å²) in [5, 5.41) is -0.0544. The molecule has 0 aromatic carbocycles. The zero-order valence-corrected chi connectivity index (χ0v) is 17.8. The van der Waals surface area contributed by atoms with Gasteiger partial charge in [-0.1, -0.05) is 20.8 Å². The minimum Gasteiger partial charge on any atom is -0.463 e. The number of ether oxygens (including phenoxy) is 3. The van der Waals surface area contributed by atoms with Gasteiger partial charge < -0.3 is 18.6 Å². The van der Waals surface area contributed by atoms with Crippen LogP contribution >= 0.6 is 0 Å². The molecule has 7 nitrogen and oxygen atoms in total. The molecule has 0 bridgehead atoms. The highest BCUT2D eigenvalue weighted by Crippen LogP contribution is 2.37. The normalized spacial score (nSPS) is 15.7. The zero-order valence-electron chi connectivity index (χ0n) is 16.8. The number of carbonyl (C=O) groups excluding carboxylic acids is 3. The molecule has 0 fully saturated rings. The first-order valence-corrected chi connectivity index (χ1v) is 11.4. The van der Waals surface area contributed by atoms with E-state index in [0.717, 1.165) is 0 Å². The molecule has 25 heavy (non-hydrogen) atoms. The van der Waals surface area contributed by atoms with Crippen LogP contribution < -0.4 is 0 Å². The standard InChI is InChI=1S/C17H32O7Si/c1-10-21-14(18)11(2)22-15(19)12(3)23-16(20)13(4)24-25(8,9)17(5,6)7/h11-13H,10H2,1-9H3/t11-,12-,13-/m0/s1. The van der Waals surface area contributed by atoms with E-state index in [1.807, 2.05) is 13.1 Å². The SMILES string of the molecule is CCOC(=O)[C@H](C)OC(=O)[C@H](C)OC(=O)[C@H](C)O[Si](C)(C)C(C)(C)C. The first kappa shape index (κ1) is 23.6. The third-order valence-corrected chi connectivity index (χ3v) is 8.70. The average Bonchev–Trinajstić information content (AvgIpc) is 2.45.